The number of hydrogen-bond donors (Lipinski definition) is 14. The van der Waals surface area contributed by atoms with Gasteiger partial charge in [0.2, 0.25) is 0 Å². The first-order chi connectivity index (χ1) is 66.0. The van der Waals surface area contributed by atoms with Crippen LogP contribution in [-0.2, 0) is 63.7 Å². The van der Waals surface area contributed by atoms with E-state index in [-0.39, 0.29) is 73.3 Å². The molecule has 0 spiro atoms. The number of nitrogens with zero attached hydrogens (tertiary/aromatic N) is 10. The van der Waals surface area contributed by atoms with Gasteiger partial charge in [0, 0.05) is 46.6 Å². The van der Waals surface area contributed by atoms with Gasteiger partial charge in [0.1, 0.15) is 84.9 Å². The third-order valence-corrected chi connectivity index (χ3v) is 25.0. The Morgan fingerprint density at radius 3 is 1.29 bits per heavy atom. The number of rotatable bonds is 19. The van der Waals surface area contributed by atoms with Crippen molar-refractivity contribution in [2.24, 2.45) is 10.2 Å². The summed E-state index contributed by atoms with van der Waals surface area (Å²) in [5, 5.41) is 161. The minimum atomic E-state index is -1.14. The average molecular weight is 1880 g/mol. The molecular formula is C91H93B7N10O28S. The van der Waals surface area contributed by atoms with Crippen LogP contribution < -0.4 is 32.6 Å². The molecule has 1 saturated carbocycles. The highest BCUT2D eigenvalue weighted by Gasteiger charge is 2.39. The van der Waals surface area contributed by atoms with Gasteiger partial charge in [-0.05, 0) is 207 Å². The lowest BCUT2D eigenvalue weighted by atomic mass is 9.77. The minimum absolute atomic E-state index is 0.00389. The van der Waals surface area contributed by atoms with Crippen LogP contribution in [0.4, 0.5) is 0 Å². The molecule has 702 valence electrons. The van der Waals surface area contributed by atoms with Crippen LogP contribution in [0.1, 0.15) is 192 Å². The van der Waals surface area contributed by atoms with Crippen LogP contribution in [-0.4, -0.2) is 214 Å². The molecule has 10 aliphatic rings. The van der Waals surface area contributed by atoms with E-state index in [2.05, 4.69) is 41.9 Å². The Morgan fingerprint density at radius 2 is 0.883 bits per heavy atom. The molecule has 10 aromatic rings. The lowest BCUT2D eigenvalue weighted by Gasteiger charge is -2.26. The number of azo groups is 1. The van der Waals surface area contributed by atoms with Crippen LogP contribution in [0.5, 0.6) is 40.2 Å². The summed E-state index contributed by atoms with van der Waals surface area (Å²) in [5.74, 6) is -2.75. The zero-order chi connectivity index (χ0) is 97.4. The number of aryl methyl sites for hydroxylation is 9. The summed E-state index contributed by atoms with van der Waals surface area (Å²) in [4.78, 5) is 80.6. The molecule has 0 unspecified atom stereocenters. The Morgan fingerprint density at radius 1 is 0.467 bits per heavy atom. The van der Waals surface area contributed by atoms with Crippen molar-refractivity contribution < 1.29 is 137 Å². The van der Waals surface area contributed by atoms with E-state index >= 15 is 0 Å². The normalized spacial score (nSPS) is 15.2. The molecule has 20 rings (SSSR count). The van der Waals surface area contributed by atoms with Crippen LogP contribution in [0.25, 0.3) is 33.9 Å². The molecule has 3 aromatic heterocycles. The van der Waals surface area contributed by atoms with Crippen molar-refractivity contribution in [1.29, 1.82) is 0 Å². The predicted molar refractivity (Wildman–Crippen MR) is 505 cm³/mol. The first-order valence-electron chi connectivity index (χ1n) is 44.5. The van der Waals surface area contributed by atoms with Gasteiger partial charge < -0.3 is 103 Å². The summed E-state index contributed by atoms with van der Waals surface area (Å²) in [7, 11) is -6.65. The molecule has 8 aliphatic heterocycles. The molecule has 14 N–H and O–H groups in total. The number of carbonyl (C=O) groups is 7. The Labute approximate surface area is 790 Å². The number of fused-ring (bicyclic) bond motifs is 7. The second kappa shape index (κ2) is 45.0. The average Bonchev–Trinajstić information content (AvgIpc) is 1.74. The number of carboxylic acids is 7. The summed E-state index contributed by atoms with van der Waals surface area (Å²) in [6.45, 7) is 5.23. The van der Waals surface area contributed by atoms with Gasteiger partial charge in [-0.3, -0.25) is 4.68 Å². The standard InChI is InChI=1S/2C14H16BN3O4.C14H17BO4S.C14H13BO4.2C12H11BN2O4.C11H9BO4/c1-2-7-18-8-11(16-17-18)10-4-3-9-5-6-15(21)22-13(9)12(10)14(19)20;1-2-3-10-8-18(17-16-10)11-5-4-9-6-7-15(21)22-13(9)12(11)14(19)20;16-14(17)12-10(8-20-11-2-1-3-11)5-4-9-6-7-15(18)19-13(9)12;16-14(17)12-11(9-3-1-2-4-9)6-5-10-7-8-15(18)19-13(10)12;16-12(17)10-9(15-7-1-6-14-15)3-2-8-4-5-13(18)19-11(8)10;16-12(17)10-8(9-4-6-14-15-9)2-1-7-3-5-13(18)19-11(7)10;1-2-7-3-4-8-5-6-12(15)16-10(8)9(7)11(13)14/h3-4,8,21H,2,5-7H2,1H3,(H,19,20);4-5,8,21H,2-3,6-7H2,1H3,(H,19,20);4-5,11,18H,1-3,6-8H2,(H,16,17);1-3,5-6,18H,4,7-8H2,(H,16,17);1-3,6-7,18H,4-5H2,(H,16,17);1-2,4,18H,3,5-6H2,(H,16,17);1,3-4,15H,5-6H2,(H,13,14). The predicted octanol–water partition coefficient (Wildman–Crippen LogP) is 10.9. The largest absolute Gasteiger partial charge is 0.535 e. The van der Waals surface area contributed by atoms with E-state index < -0.39 is 91.6 Å². The molecule has 0 bridgehead atoms. The Hall–Kier alpha value is -14.2. The fourth-order valence-electron chi connectivity index (χ4n) is 16.7. The summed E-state index contributed by atoms with van der Waals surface area (Å²) >= 11 is 1.82. The lowest BCUT2D eigenvalue weighted by Crippen LogP contribution is -2.28. The van der Waals surface area contributed by atoms with Gasteiger partial charge in [-0.1, -0.05) is 128 Å². The van der Waals surface area contributed by atoms with Gasteiger partial charge in [-0.25, -0.2) is 42.9 Å². The van der Waals surface area contributed by atoms with Gasteiger partial charge in [0.05, 0.1) is 41.7 Å². The lowest BCUT2D eigenvalue weighted by molar-refractivity contribution is 0.0682. The van der Waals surface area contributed by atoms with Crippen molar-refractivity contribution in [3.8, 4) is 75.2 Å². The quantitative estimate of drug-likeness (QED) is 0.0264. The van der Waals surface area contributed by atoms with E-state index in [0.29, 0.717) is 158 Å². The Bertz CT molecular complexity index is 6300. The van der Waals surface area contributed by atoms with Crippen molar-refractivity contribution in [3.63, 3.8) is 0 Å². The second-order valence-corrected chi connectivity index (χ2v) is 34.2. The topological polar surface area (TPSA) is 571 Å². The number of benzene rings is 7. The first-order valence-corrected chi connectivity index (χ1v) is 45.5. The number of terminal acetylenes is 1. The minimum Gasteiger partial charge on any atom is -0.535 e. The van der Waals surface area contributed by atoms with E-state index in [9.17, 15) is 99.4 Å². The number of aromatic carboxylic acids is 7. The van der Waals surface area contributed by atoms with Gasteiger partial charge in [-0.2, -0.15) is 27.1 Å². The second-order valence-electron chi connectivity index (χ2n) is 32.9. The van der Waals surface area contributed by atoms with Gasteiger partial charge in [0.25, 0.3) is 0 Å². The van der Waals surface area contributed by atoms with Crippen molar-refractivity contribution in [1.82, 2.24) is 39.8 Å². The van der Waals surface area contributed by atoms with Crippen LogP contribution >= 0.6 is 11.8 Å². The fraction of sp³-hybridized carbons (Fsp3) is 0.297. The fourth-order valence-corrected chi connectivity index (χ4v) is 18.0. The molecule has 46 heteroatoms. The third-order valence-electron chi connectivity index (χ3n) is 23.5. The maximum absolute atomic E-state index is 11.7. The number of thioether (sulfide) groups is 1. The molecule has 1 fully saturated rings. The molecule has 2 aliphatic carbocycles. The van der Waals surface area contributed by atoms with E-state index in [1.807, 2.05) is 92.4 Å². The molecule has 38 nitrogen and oxygen atoms in total. The van der Waals surface area contributed by atoms with Crippen molar-refractivity contribution >= 4 is 115 Å². The number of allylic oxidation sites excluding steroid dienone is 4. The van der Waals surface area contributed by atoms with E-state index in [0.717, 1.165) is 88.0 Å². The highest BCUT2D eigenvalue weighted by atomic mass is 32.2. The number of aromatic nitrogens is 8. The Kier molecular flexibility index (Phi) is 32.4. The highest BCUT2D eigenvalue weighted by Crippen LogP contribution is 2.44. The number of hydrogen-bond acceptors (Lipinski definition) is 29. The maximum atomic E-state index is 11.7. The van der Waals surface area contributed by atoms with Gasteiger partial charge in [0.15, 0.2) is 0 Å². The number of carboxylic acid groups (broad SMARTS) is 7. The van der Waals surface area contributed by atoms with Crippen LogP contribution in [0.2, 0.25) is 44.2 Å². The van der Waals surface area contributed by atoms with Crippen molar-refractivity contribution in [2.45, 2.75) is 166 Å². The van der Waals surface area contributed by atoms with E-state index in [1.54, 1.807) is 78.0 Å². The third kappa shape index (κ3) is 23.3. The molecule has 0 radical (unpaired) electrons. The highest BCUT2D eigenvalue weighted by molar-refractivity contribution is 7.99. The van der Waals surface area contributed by atoms with Crippen LogP contribution in [0.3, 0.4) is 0 Å². The smallest absolute Gasteiger partial charge is 0.522 e. The zero-order valence-corrected chi connectivity index (χ0v) is 75.1. The van der Waals surface area contributed by atoms with Crippen molar-refractivity contribution in [3.05, 3.63) is 246 Å². The van der Waals surface area contributed by atoms with Gasteiger partial charge >= 0.3 is 91.6 Å². The molecule has 7 aromatic carbocycles. The first kappa shape index (κ1) is 98.8. The van der Waals surface area contributed by atoms with E-state index in [4.69, 9.17) is 44.1 Å². The van der Waals surface area contributed by atoms with Crippen molar-refractivity contribution in [2.75, 3.05) is 6.54 Å². The van der Waals surface area contributed by atoms with Crippen LogP contribution in [0, 0.1) is 12.3 Å². The summed E-state index contributed by atoms with van der Waals surface area (Å²) in [6, 6.07) is 26.7. The summed E-state index contributed by atoms with van der Waals surface area (Å²) in [5.41, 5.74) is 12.3. The van der Waals surface area contributed by atoms with E-state index in [1.165, 1.54) is 28.6 Å². The molecule has 137 heavy (non-hydrogen) atoms. The van der Waals surface area contributed by atoms with Crippen LogP contribution in [0.15, 0.2) is 150 Å². The Balaban J connectivity index is 0.000000128. The summed E-state index contributed by atoms with van der Waals surface area (Å²) < 4.78 is 41.8. The SMILES string of the molecule is C#Cc1ccc2c(c1C(=O)O)OB(O)CC2.CCCc1cn(-c2ccc3c(c2C(=O)O)OB(O)CC3)nn1.CCCn1cc(-c2ccc3c(c2C(=O)O)OB(O)CC3)nn1.O=C(O)c1c(-n2cccn2)ccc2c1OB(O)CC2.O=C(O)c1c(C2=CC=CC2)ccc2c1OB(O)CC2.O=C(O)c1c(C2=CCN=N2)ccc2c1OB(O)CC2.O=C(O)c1c(CSC2CCC2)ccc2c1OB(O)CC2. The molecule has 11 heterocycles. The molecule has 0 atom stereocenters. The zero-order valence-electron chi connectivity index (χ0n) is 74.3. The monoisotopic (exact) mass is 1880 g/mol. The molecular weight excluding hydrogens is 1790 g/mol. The van der Waals surface area contributed by atoms with Gasteiger partial charge in [-0.15, -0.1) is 16.6 Å². The molecule has 0 saturated heterocycles. The summed E-state index contributed by atoms with van der Waals surface area (Å²) in [6.07, 6.45) is 34.1. The molecule has 0 amide bonds. The maximum Gasteiger partial charge on any atom is 0.522 e.